The van der Waals surface area contributed by atoms with E-state index in [1.807, 2.05) is 26.0 Å². The summed E-state index contributed by atoms with van der Waals surface area (Å²) in [6, 6.07) is 8.56. The summed E-state index contributed by atoms with van der Waals surface area (Å²) in [6.45, 7) is 10.7. The number of nitro benzene ring substituents is 1. The van der Waals surface area contributed by atoms with E-state index in [1.165, 1.54) is 12.1 Å². The molecule has 0 fully saturated rings. The second kappa shape index (κ2) is 7.85. The quantitative estimate of drug-likeness (QED) is 0.389. The minimum absolute atomic E-state index is 0.0414. The lowest BCUT2D eigenvalue weighted by atomic mass is 9.74. The zero-order valence-corrected chi connectivity index (χ0v) is 18.9. The maximum atomic E-state index is 11.0. The van der Waals surface area contributed by atoms with E-state index in [4.69, 9.17) is 21.7 Å². The van der Waals surface area contributed by atoms with E-state index in [0.717, 1.165) is 22.4 Å². The zero-order valence-electron chi connectivity index (χ0n) is 18.1. The van der Waals surface area contributed by atoms with Gasteiger partial charge in [0.15, 0.2) is 5.11 Å². The molecule has 0 unspecified atom stereocenters. The Morgan fingerprint density at radius 3 is 2.50 bits per heavy atom. The van der Waals surface area contributed by atoms with E-state index in [0.29, 0.717) is 23.2 Å². The van der Waals surface area contributed by atoms with Crippen LogP contribution in [0.4, 0.5) is 17.1 Å². The summed E-state index contributed by atoms with van der Waals surface area (Å²) >= 11 is 5.56. The van der Waals surface area contributed by atoms with E-state index < -0.39 is 10.5 Å². The van der Waals surface area contributed by atoms with Crippen molar-refractivity contribution in [3.63, 3.8) is 0 Å². The lowest BCUT2D eigenvalue weighted by Crippen LogP contribution is -2.41. The summed E-state index contributed by atoms with van der Waals surface area (Å²) in [6.07, 6.45) is 0. The number of nitrogens with one attached hydrogen (secondary N) is 2. The van der Waals surface area contributed by atoms with Crippen molar-refractivity contribution in [2.75, 3.05) is 24.4 Å². The van der Waals surface area contributed by atoms with E-state index in [9.17, 15) is 10.1 Å². The van der Waals surface area contributed by atoms with Crippen molar-refractivity contribution in [3.05, 3.63) is 57.1 Å². The summed E-state index contributed by atoms with van der Waals surface area (Å²) in [5, 5.41) is 17.8. The number of non-ortho nitro benzene ring substituents is 1. The summed E-state index contributed by atoms with van der Waals surface area (Å²) in [5.41, 5.74) is 3.76. The van der Waals surface area contributed by atoms with E-state index >= 15 is 0 Å². The van der Waals surface area contributed by atoms with Gasteiger partial charge in [0, 0.05) is 23.2 Å². The number of ether oxygens (including phenoxy) is 2. The maximum absolute atomic E-state index is 11.0. The van der Waals surface area contributed by atoms with Crippen LogP contribution in [0.5, 0.6) is 5.75 Å². The Morgan fingerprint density at radius 1 is 1.20 bits per heavy atom. The van der Waals surface area contributed by atoms with Crippen LogP contribution in [-0.2, 0) is 15.8 Å². The molecule has 0 bridgehead atoms. The first kappa shape index (κ1) is 22.0. The molecule has 0 atom stereocenters. The lowest BCUT2D eigenvalue weighted by molar-refractivity contribution is -0.384. The number of hydrogen-bond acceptors (Lipinski definition) is 5. The molecule has 0 radical (unpaired) electrons. The Labute approximate surface area is 181 Å². The predicted molar refractivity (Wildman–Crippen MR) is 123 cm³/mol. The van der Waals surface area contributed by atoms with Gasteiger partial charge >= 0.3 is 0 Å². The fourth-order valence-electron chi connectivity index (χ4n) is 3.76. The van der Waals surface area contributed by atoms with Crippen LogP contribution in [0.1, 0.15) is 44.4 Å². The molecule has 7 nitrogen and oxygen atoms in total. The van der Waals surface area contributed by atoms with Crippen molar-refractivity contribution in [2.45, 2.75) is 45.6 Å². The van der Waals surface area contributed by atoms with Crippen molar-refractivity contribution in [2.24, 2.45) is 0 Å². The second-order valence-corrected chi connectivity index (χ2v) is 8.99. The van der Waals surface area contributed by atoms with Gasteiger partial charge in [-0.15, -0.1) is 0 Å². The van der Waals surface area contributed by atoms with Crippen LogP contribution in [0.25, 0.3) is 0 Å². The van der Waals surface area contributed by atoms with Crippen molar-refractivity contribution in [1.82, 2.24) is 0 Å². The third-order valence-corrected chi connectivity index (χ3v) is 5.62. The first-order valence-electron chi connectivity index (χ1n) is 9.65. The number of methoxy groups -OCH3 is 1. The van der Waals surface area contributed by atoms with Gasteiger partial charge in [-0.2, -0.15) is 0 Å². The highest BCUT2D eigenvalue weighted by molar-refractivity contribution is 7.80. The molecular formula is C22H27N3O4S. The van der Waals surface area contributed by atoms with E-state index in [-0.39, 0.29) is 11.1 Å². The molecule has 0 saturated heterocycles. The standard InChI is InChI=1S/C22H27N3O4S/c1-13-11-14(25(26)27)7-9-16(13)23-20(30)24-19-17(28-6)10-8-15-18(19)21(2,3)12-29-22(15,4)5/h7-11H,12H2,1-6H3,(H2,23,24,30). The van der Waals surface area contributed by atoms with Gasteiger partial charge in [-0.05, 0) is 61.8 Å². The first-order chi connectivity index (χ1) is 14.0. The molecule has 0 aromatic heterocycles. The minimum Gasteiger partial charge on any atom is -0.495 e. The van der Waals surface area contributed by atoms with Gasteiger partial charge in [-0.25, -0.2) is 0 Å². The van der Waals surface area contributed by atoms with Crippen molar-refractivity contribution >= 4 is 34.4 Å². The second-order valence-electron chi connectivity index (χ2n) is 8.58. The molecule has 0 spiro atoms. The largest absolute Gasteiger partial charge is 0.495 e. The topological polar surface area (TPSA) is 85.7 Å². The Hall–Kier alpha value is -2.71. The van der Waals surface area contributed by atoms with Crippen LogP contribution >= 0.6 is 12.2 Å². The highest BCUT2D eigenvalue weighted by Gasteiger charge is 2.40. The van der Waals surface area contributed by atoms with Crippen LogP contribution in [0.15, 0.2) is 30.3 Å². The summed E-state index contributed by atoms with van der Waals surface area (Å²) < 4.78 is 11.7. The number of rotatable bonds is 4. The fraction of sp³-hybridized carbons (Fsp3) is 0.409. The number of nitro groups is 1. The fourth-order valence-corrected chi connectivity index (χ4v) is 3.97. The molecule has 2 aromatic rings. The Kier molecular flexibility index (Phi) is 5.75. The third kappa shape index (κ3) is 4.11. The Balaban J connectivity index is 1.97. The van der Waals surface area contributed by atoms with Crippen LogP contribution in [0, 0.1) is 17.0 Å². The average Bonchev–Trinajstić information content (AvgIpc) is 2.66. The maximum Gasteiger partial charge on any atom is 0.269 e. The zero-order chi connectivity index (χ0) is 22.3. The predicted octanol–water partition coefficient (Wildman–Crippen LogP) is 5.26. The van der Waals surface area contributed by atoms with Gasteiger partial charge in [0.2, 0.25) is 0 Å². The van der Waals surface area contributed by atoms with Crippen LogP contribution < -0.4 is 15.4 Å². The van der Waals surface area contributed by atoms with Gasteiger partial charge in [-0.3, -0.25) is 10.1 Å². The summed E-state index contributed by atoms with van der Waals surface area (Å²) in [4.78, 5) is 10.6. The summed E-state index contributed by atoms with van der Waals surface area (Å²) in [7, 11) is 1.63. The molecule has 3 rings (SSSR count). The average molecular weight is 430 g/mol. The Morgan fingerprint density at radius 2 is 1.90 bits per heavy atom. The molecule has 2 N–H and O–H groups in total. The number of aryl methyl sites for hydroxylation is 1. The van der Waals surface area contributed by atoms with Gasteiger partial charge in [0.1, 0.15) is 5.75 Å². The molecule has 1 aliphatic heterocycles. The SMILES string of the molecule is COc1ccc2c(c1NC(=S)Nc1ccc([N+](=O)[O-])cc1C)C(C)(C)COC2(C)C. The molecule has 2 aromatic carbocycles. The minimum atomic E-state index is -0.433. The number of thiocarbonyl (C=S) groups is 1. The lowest BCUT2D eigenvalue weighted by Gasteiger charge is -2.43. The summed E-state index contributed by atoms with van der Waals surface area (Å²) in [5.74, 6) is 0.684. The van der Waals surface area contributed by atoms with Crippen molar-refractivity contribution < 1.29 is 14.4 Å². The highest BCUT2D eigenvalue weighted by atomic mass is 32.1. The molecule has 30 heavy (non-hydrogen) atoms. The molecule has 0 amide bonds. The first-order valence-corrected chi connectivity index (χ1v) is 10.1. The molecule has 0 saturated carbocycles. The molecule has 1 aliphatic rings. The monoisotopic (exact) mass is 429 g/mol. The van der Waals surface area contributed by atoms with Crippen molar-refractivity contribution in [3.8, 4) is 5.75 Å². The number of nitrogens with zero attached hydrogens (tertiary/aromatic N) is 1. The van der Waals surface area contributed by atoms with Gasteiger partial charge < -0.3 is 20.1 Å². The molecule has 8 heteroatoms. The Bertz CT molecular complexity index is 1020. The van der Waals surface area contributed by atoms with E-state index in [1.54, 1.807) is 20.1 Å². The molecule has 0 aliphatic carbocycles. The molecular weight excluding hydrogens is 402 g/mol. The smallest absolute Gasteiger partial charge is 0.269 e. The molecule has 160 valence electrons. The van der Waals surface area contributed by atoms with Crippen molar-refractivity contribution in [1.29, 1.82) is 0 Å². The van der Waals surface area contributed by atoms with Gasteiger partial charge in [-0.1, -0.05) is 19.9 Å². The number of anilines is 2. The van der Waals surface area contributed by atoms with Gasteiger partial charge in [0.25, 0.3) is 5.69 Å². The number of fused-ring (bicyclic) bond motifs is 1. The van der Waals surface area contributed by atoms with Crippen LogP contribution in [-0.4, -0.2) is 23.8 Å². The van der Waals surface area contributed by atoms with Crippen LogP contribution in [0.3, 0.4) is 0 Å². The normalized spacial score (nSPS) is 16.3. The highest BCUT2D eigenvalue weighted by Crippen LogP contribution is 2.47. The number of benzene rings is 2. The third-order valence-electron chi connectivity index (χ3n) is 5.41. The van der Waals surface area contributed by atoms with Crippen LogP contribution in [0.2, 0.25) is 0 Å². The van der Waals surface area contributed by atoms with E-state index in [2.05, 4.69) is 24.5 Å². The number of hydrogen-bond donors (Lipinski definition) is 2. The van der Waals surface area contributed by atoms with Gasteiger partial charge in [0.05, 0.1) is 29.9 Å². The molecule has 1 heterocycles.